The highest BCUT2D eigenvalue weighted by atomic mass is 16.4. The molecular weight excluding hydrogens is 248 g/mol. The number of carboxylic acid groups (broad SMARTS) is 1. The van der Waals surface area contributed by atoms with E-state index in [1.165, 1.54) is 12.3 Å². The lowest BCUT2D eigenvalue weighted by Gasteiger charge is -2.10. The van der Waals surface area contributed by atoms with Crippen molar-refractivity contribution < 1.29 is 14.7 Å². The Bertz CT molecular complexity index is 474. The van der Waals surface area contributed by atoms with E-state index in [2.05, 4.69) is 15.6 Å². The summed E-state index contributed by atoms with van der Waals surface area (Å²) in [5.41, 5.74) is 5.58. The van der Waals surface area contributed by atoms with Gasteiger partial charge in [-0.25, -0.2) is 9.78 Å². The molecule has 0 aromatic carbocycles. The highest BCUT2D eigenvalue weighted by molar-refractivity contribution is 5.94. The molecule has 7 heteroatoms. The highest BCUT2D eigenvalue weighted by Gasteiger charge is 2.09. The van der Waals surface area contributed by atoms with Crippen LogP contribution in [0.15, 0.2) is 12.3 Å². The lowest BCUT2D eigenvalue weighted by Crippen LogP contribution is -2.31. The van der Waals surface area contributed by atoms with Crippen molar-refractivity contribution in [2.45, 2.75) is 26.3 Å². The summed E-state index contributed by atoms with van der Waals surface area (Å²) in [5.74, 6) is -0.805. The van der Waals surface area contributed by atoms with Gasteiger partial charge in [0.1, 0.15) is 5.82 Å². The number of aromatic nitrogens is 1. The van der Waals surface area contributed by atoms with Crippen molar-refractivity contribution in [2.75, 3.05) is 17.6 Å². The van der Waals surface area contributed by atoms with E-state index >= 15 is 0 Å². The molecule has 1 rings (SSSR count). The average Bonchev–Trinajstić information content (AvgIpc) is 2.30. The van der Waals surface area contributed by atoms with Crippen LogP contribution in [0.2, 0.25) is 0 Å². The van der Waals surface area contributed by atoms with Crippen LogP contribution in [0.1, 0.15) is 30.6 Å². The summed E-state index contributed by atoms with van der Waals surface area (Å²) >= 11 is 0. The monoisotopic (exact) mass is 266 g/mol. The number of anilines is 2. The third kappa shape index (κ3) is 4.82. The van der Waals surface area contributed by atoms with Gasteiger partial charge in [0.25, 0.3) is 0 Å². The second-order valence-corrected chi connectivity index (χ2v) is 4.36. The molecule has 0 fully saturated rings. The van der Waals surface area contributed by atoms with Gasteiger partial charge in [-0.15, -0.1) is 0 Å². The zero-order valence-electron chi connectivity index (χ0n) is 10.9. The Morgan fingerprint density at radius 2 is 2.16 bits per heavy atom. The Morgan fingerprint density at radius 1 is 1.47 bits per heavy atom. The van der Waals surface area contributed by atoms with Crippen molar-refractivity contribution in [3.8, 4) is 0 Å². The molecule has 0 spiro atoms. The summed E-state index contributed by atoms with van der Waals surface area (Å²) in [6.45, 7) is 4.13. The summed E-state index contributed by atoms with van der Waals surface area (Å²) in [6.07, 6.45) is 1.56. The number of hydrogen-bond donors (Lipinski definition) is 4. The molecule has 0 unspecified atom stereocenters. The smallest absolute Gasteiger partial charge is 0.337 e. The topological polar surface area (TPSA) is 117 Å². The fourth-order valence-corrected chi connectivity index (χ4v) is 1.45. The first-order chi connectivity index (χ1) is 8.90. The Labute approximate surface area is 111 Å². The standard InChI is InChI=1S/C12H18N4O3/c1-7(2)16-11(17)3-4-14-10-5-8(12(18)19)9(13)6-15-10/h5-7H,3-4,13H2,1-2H3,(H,14,15)(H,16,17)(H,18,19). The number of aromatic carboxylic acids is 1. The third-order valence-electron chi connectivity index (χ3n) is 2.27. The van der Waals surface area contributed by atoms with Gasteiger partial charge in [0.15, 0.2) is 0 Å². The van der Waals surface area contributed by atoms with E-state index in [0.29, 0.717) is 12.4 Å². The molecule has 0 saturated heterocycles. The number of pyridine rings is 1. The van der Waals surface area contributed by atoms with Crippen molar-refractivity contribution in [3.05, 3.63) is 17.8 Å². The van der Waals surface area contributed by atoms with Crippen LogP contribution in [0.25, 0.3) is 0 Å². The van der Waals surface area contributed by atoms with Crippen LogP contribution in [-0.2, 0) is 4.79 Å². The maximum Gasteiger partial charge on any atom is 0.337 e. The average molecular weight is 266 g/mol. The van der Waals surface area contributed by atoms with Crippen molar-refractivity contribution in [1.29, 1.82) is 0 Å². The van der Waals surface area contributed by atoms with Crippen LogP contribution in [0.3, 0.4) is 0 Å². The van der Waals surface area contributed by atoms with Crippen LogP contribution < -0.4 is 16.4 Å². The first-order valence-electron chi connectivity index (χ1n) is 5.92. The molecule has 19 heavy (non-hydrogen) atoms. The van der Waals surface area contributed by atoms with Gasteiger partial charge in [-0.1, -0.05) is 0 Å². The van der Waals surface area contributed by atoms with E-state index in [-0.39, 0.29) is 29.6 Å². The van der Waals surface area contributed by atoms with Crippen LogP contribution in [0.4, 0.5) is 11.5 Å². The highest BCUT2D eigenvalue weighted by Crippen LogP contribution is 2.14. The largest absolute Gasteiger partial charge is 0.478 e. The van der Waals surface area contributed by atoms with Crippen molar-refractivity contribution >= 4 is 23.4 Å². The van der Waals surface area contributed by atoms with Gasteiger partial charge in [0, 0.05) is 19.0 Å². The second-order valence-electron chi connectivity index (χ2n) is 4.36. The molecule has 1 aromatic heterocycles. The fourth-order valence-electron chi connectivity index (χ4n) is 1.45. The number of nitrogen functional groups attached to an aromatic ring is 1. The number of carboxylic acids is 1. The Hall–Kier alpha value is -2.31. The minimum atomic E-state index is -1.11. The molecule has 1 heterocycles. The number of hydrogen-bond acceptors (Lipinski definition) is 5. The minimum absolute atomic E-state index is 0.0101. The summed E-state index contributed by atoms with van der Waals surface area (Å²) in [4.78, 5) is 26.2. The quantitative estimate of drug-likeness (QED) is 0.601. The number of nitrogens with one attached hydrogen (secondary N) is 2. The first kappa shape index (κ1) is 14.7. The van der Waals surface area contributed by atoms with E-state index in [9.17, 15) is 9.59 Å². The lowest BCUT2D eigenvalue weighted by atomic mass is 10.2. The van der Waals surface area contributed by atoms with Gasteiger partial charge in [0.2, 0.25) is 5.91 Å². The van der Waals surface area contributed by atoms with Gasteiger partial charge in [0.05, 0.1) is 17.4 Å². The van der Waals surface area contributed by atoms with Gasteiger partial charge >= 0.3 is 5.97 Å². The normalized spacial score (nSPS) is 10.3. The van der Waals surface area contributed by atoms with E-state index in [0.717, 1.165) is 0 Å². The molecule has 0 aliphatic rings. The number of nitrogens with zero attached hydrogens (tertiary/aromatic N) is 1. The van der Waals surface area contributed by atoms with Gasteiger partial charge in [-0.3, -0.25) is 4.79 Å². The summed E-state index contributed by atoms with van der Waals surface area (Å²) in [5, 5.41) is 14.5. The maximum atomic E-state index is 11.4. The number of amides is 1. The molecule has 0 aliphatic heterocycles. The van der Waals surface area contributed by atoms with Crippen molar-refractivity contribution in [1.82, 2.24) is 10.3 Å². The zero-order chi connectivity index (χ0) is 14.4. The van der Waals surface area contributed by atoms with E-state index in [4.69, 9.17) is 10.8 Å². The molecule has 0 saturated carbocycles. The van der Waals surface area contributed by atoms with Crippen molar-refractivity contribution in [2.24, 2.45) is 0 Å². The predicted molar refractivity (Wildman–Crippen MR) is 72.0 cm³/mol. The number of carbonyl (C=O) groups is 2. The van der Waals surface area contributed by atoms with E-state index in [1.807, 2.05) is 13.8 Å². The summed E-state index contributed by atoms with van der Waals surface area (Å²) in [7, 11) is 0. The van der Waals surface area contributed by atoms with Gasteiger partial charge < -0.3 is 21.5 Å². The Morgan fingerprint density at radius 3 is 2.74 bits per heavy atom. The molecular formula is C12H18N4O3. The Kier molecular flexibility index (Phi) is 5.11. The minimum Gasteiger partial charge on any atom is -0.478 e. The van der Waals surface area contributed by atoms with E-state index in [1.54, 1.807) is 0 Å². The molecule has 104 valence electrons. The van der Waals surface area contributed by atoms with Crippen LogP contribution in [0.5, 0.6) is 0 Å². The van der Waals surface area contributed by atoms with E-state index < -0.39 is 5.97 Å². The van der Waals surface area contributed by atoms with Crippen molar-refractivity contribution in [3.63, 3.8) is 0 Å². The van der Waals surface area contributed by atoms with Crippen LogP contribution in [-0.4, -0.2) is 34.6 Å². The van der Waals surface area contributed by atoms with Crippen LogP contribution in [0, 0.1) is 0 Å². The molecule has 0 bridgehead atoms. The molecule has 5 N–H and O–H groups in total. The number of carbonyl (C=O) groups excluding carboxylic acids is 1. The number of nitrogens with two attached hydrogens (primary N) is 1. The molecule has 1 amide bonds. The third-order valence-corrected chi connectivity index (χ3v) is 2.27. The van der Waals surface area contributed by atoms with Gasteiger partial charge in [-0.2, -0.15) is 0 Å². The molecule has 7 nitrogen and oxygen atoms in total. The molecule has 1 aromatic rings. The maximum absolute atomic E-state index is 11.4. The summed E-state index contributed by atoms with van der Waals surface area (Å²) in [6, 6.07) is 1.44. The second kappa shape index (κ2) is 6.58. The first-order valence-corrected chi connectivity index (χ1v) is 5.92. The summed E-state index contributed by atoms with van der Waals surface area (Å²) < 4.78 is 0. The predicted octanol–water partition coefficient (Wildman–Crippen LogP) is 0.689. The fraction of sp³-hybridized carbons (Fsp3) is 0.417. The molecule has 0 radical (unpaired) electrons. The zero-order valence-corrected chi connectivity index (χ0v) is 10.9. The number of rotatable bonds is 6. The lowest BCUT2D eigenvalue weighted by molar-refractivity contribution is -0.121. The Balaban J connectivity index is 2.52. The van der Waals surface area contributed by atoms with Crippen LogP contribution >= 0.6 is 0 Å². The SMILES string of the molecule is CC(C)NC(=O)CCNc1cc(C(=O)O)c(N)cn1. The molecule has 0 aliphatic carbocycles. The molecule has 0 atom stereocenters. The van der Waals surface area contributed by atoms with Gasteiger partial charge in [-0.05, 0) is 19.9 Å².